The maximum Gasteiger partial charge on any atom is 0.384 e. The zero-order chi connectivity index (χ0) is 10.6. The zero-order valence-corrected chi connectivity index (χ0v) is 7.88. The van der Waals surface area contributed by atoms with E-state index in [2.05, 4.69) is 21.6 Å². The predicted molar refractivity (Wildman–Crippen MR) is 50.7 cm³/mol. The number of rotatable bonds is 0. The topological polar surface area (TPSA) is 59.2 Å². The molecule has 1 aromatic rings. The molecule has 0 spiro atoms. The van der Waals surface area contributed by atoms with Crippen LogP contribution in [-0.4, -0.2) is 18.1 Å². The van der Waals surface area contributed by atoms with Crippen LogP contribution in [0.2, 0.25) is 0 Å². The molecule has 0 saturated carbocycles. The van der Waals surface area contributed by atoms with Gasteiger partial charge in [-0.25, -0.2) is 4.79 Å². The van der Waals surface area contributed by atoms with Crippen molar-refractivity contribution in [2.45, 2.75) is 6.92 Å². The van der Waals surface area contributed by atoms with Gasteiger partial charge in [-0.3, -0.25) is 4.79 Å². The summed E-state index contributed by atoms with van der Waals surface area (Å²) in [5.74, 6) is 4.27. The van der Waals surface area contributed by atoms with Crippen molar-refractivity contribution in [3.63, 3.8) is 0 Å². The van der Waals surface area contributed by atoms with E-state index in [0.717, 1.165) is 0 Å². The Kier molecular flexibility index (Phi) is 3.08. The molecule has 1 N–H and O–H groups in total. The van der Waals surface area contributed by atoms with Crippen LogP contribution in [0.1, 0.15) is 11.3 Å². The summed E-state index contributed by atoms with van der Waals surface area (Å²) in [7, 11) is 1.26. The molecular weight excluding hydrogens is 182 g/mol. The van der Waals surface area contributed by atoms with Crippen LogP contribution in [0.4, 0.5) is 0 Å². The van der Waals surface area contributed by atoms with Crippen LogP contribution in [0.5, 0.6) is 0 Å². The molecule has 0 aliphatic carbocycles. The zero-order valence-electron chi connectivity index (χ0n) is 7.88. The van der Waals surface area contributed by atoms with Gasteiger partial charge in [0.05, 0.1) is 7.11 Å². The van der Waals surface area contributed by atoms with Crippen LogP contribution in [0.25, 0.3) is 0 Å². The lowest BCUT2D eigenvalue weighted by Gasteiger charge is -1.94. The molecule has 4 heteroatoms. The van der Waals surface area contributed by atoms with Gasteiger partial charge in [0.15, 0.2) is 0 Å². The van der Waals surface area contributed by atoms with Gasteiger partial charge >= 0.3 is 5.97 Å². The number of aryl methyl sites for hydroxylation is 1. The highest BCUT2D eigenvalue weighted by molar-refractivity contribution is 5.89. The Morgan fingerprint density at radius 2 is 2.21 bits per heavy atom. The molecule has 1 heterocycles. The molecule has 0 fully saturated rings. The fraction of sp³-hybridized carbons (Fsp3) is 0.200. The number of carbonyl (C=O) groups excluding carboxylic acids is 1. The maximum absolute atomic E-state index is 10.8. The Bertz CT molecular complexity index is 462. The van der Waals surface area contributed by atoms with Gasteiger partial charge in [0, 0.05) is 23.2 Å². The summed E-state index contributed by atoms with van der Waals surface area (Å²) in [5.41, 5.74) is 1.05. The van der Waals surface area contributed by atoms with Crippen molar-refractivity contribution in [1.29, 1.82) is 0 Å². The van der Waals surface area contributed by atoms with Crippen molar-refractivity contribution < 1.29 is 9.53 Å². The second kappa shape index (κ2) is 4.28. The highest BCUT2D eigenvalue weighted by Crippen LogP contribution is 1.97. The van der Waals surface area contributed by atoms with Crippen molar-refractivity contribution in [3.05, 3.63) is 33.7 Å². The summed E-state index contributed by atoms with van der Waals surface area (Å²) in [4.78, 5) is 24.1. The highest BCUT2D eigenvalue weighted by atomic mass is 16.5. The quantitative estimate of drug-likeness (QED) is 0.471. The lowest BCUT2D eigenvalue weighted by molar-refractivity contribution is -0.133. The summed E-state index contributed by atoms with van der Waals surface area (Å²) in [6, 6.07) is 2.92. The molecule has 0 aromatic carbocycles. The third-order valence-electron chi connectivity index (χ3n) is 1.60. The molecule has 0 aliphatic heterocycles. The van der Waals surface area contributed by atoms with E-state index < -0.39 is 5.97 Å². The van der Waals surface area contributed by atoms with Gasteiger partial charge in [0.2, 0.25) is 5.56 Å². The van der Waals surface area contributed by atoms with Crippen molar-refractivity contribution >= 4 is 5.97 Å². The Labute approximate surface area is 80.9 Å². The van der Waals surface area contributed by atoms with Gasteiger partial charge in [-0.05, 0) is 13.0 Å². The first-order valence-corrected chi connectivity index (χ1v) is 3.93. The number of hydrogen-bond donors (Lipinski definition) is 1. The fourth-order valence-electron chi connectivity index (χ4n) is 0.883. The number of nitrogens with one attached hydrogen (secondary N) is 1. The molecule has 14 heavy (non-hydrogen) atoms. The van der Waals surface area contributed by atoms with Crippen LogP contribution in [0.15, 0.2) is 16.9 Å². The first kappa shape index (κ1) is 10.1. The molecule has 0 aliphatic rings. The van der Waals surface area contributed by atoms with Gasteiger partial charge in [-0.15, -0.1) is 0 Å². The fourth-order valence-corrected chi connectivity index (χ4v) is 0.883. The average Bonchev–Trinajstić information content (AvgIpc) is 2.16. The van der Waals surface area contributed by atoms with Gasteiger partial charge < -0.3 is 9.72 Å². The third kappa shape index (κ3) is 2.49. The van der Waals surface area contributed by atoms with Gasteiger partial charge in [-0.2, -0.15) is 0 Å². The van der Waals surface area contributed by atoms with E-state index >= 15 is 0 Å². The van der Waals surface area contributed by atoms with Crippen molar-refractivity contribution in [3.8, 4) is 11.8 Å². The molecule has 1 rings (SSSR count). The number of esters is 1. The van der Waals surface area contributed by atoms with Crippen LogP contribution >= 0.6 is 0 Å². The largest absolute Gasteiger partial charge is 0.459 e. The second-order valence-corrected chi connectivity index (χ2v) is 2.60. The predicted octanol–water partition coefficient (Wildman–Crippen LogP) is 0.208. The van der Waals surface area contributed by atoms with Crippen molar-refractivity contribution in [1.82, 2.24) is 4.98 Å². The SMILES string of the molecule is COC(=O)C#Cc1ccc(=O)[nH]c1C. The van der Waals surface area contributed by atoms with E-state index in [1.165, 1.54) is 13.2 Å². The van der Waals surface area contributed by atoms with Crippen molar-refractivity contribution in [2.75, 3.05) is 7.11 Å². The lowest BCUT2D eigenvalue weighted by Crippen LogP contribution is -2.06. The minimum absolute atomic E-state index is 0.189. The molecule has 0 atom stereocenters. The number of aromatic amines is 1. The van der Waals surface area contributed by atoms with Crippen LogP contribution < -0.4 is 5.56 Å². The second-order valence-electron chi connectivity index (χ2n) is 2.60. The normalized spacial score (nSPS) is 8.71. The average molecular weight is 191 g/mol. The molecule has 0 unspecified atom stereocenters. The summed E-state index contributed by atoms with van der Waals surface area (Å²) in [6.07, 6.45) is 0. The van der Waals surface area contributed by atoms with Gasteiger partial charge in [0.1, 0.15) is 0 Å². The minimum Gasteiger partial charge on any atom is -0.459 e. The summed E-state index contributed by atoms with van der Waals surface area (Å²) in [5, 5.41) is 0. The first-order valence-electron chi connectivity index (χ1n) is 3.93. The Hall–Kier alpha value is -2.02. The third-order valence-corrected chi connectivity index (χ3v) is 1.60. The minimum atomic E-state index is -0.601. The molecule has 4 nitrogen and oxygen atoms in total. The smallest absolute Gasteiger partial charge is 0.384 e. The summed E-state index contributed by atoms with van der Waals surface area (Å²) >= 11 is 0. The molecule has 0 radical (unpaired) electrons. The van der Waals surface area contributed by atoms with Gasteiger partial charge in [-0.1, -0.05) is 5.92 Å². The van der Waals surface area contributed by atoms with E-state index in [-0.39, 0.29) is 5.56 Å². The molecular formula is C10H9NO3. The van der Waals surface area contributed by atoms with E-state index in [0.29, 0.717) is 11.3 Å². The number of aromatic nitrogens is 1. The Balaban J connectivity index is 3.02. The molecule has 72 valence electrons. The van der Waals surface area contributed by atoms with E-state index in [1.54, 1.807) is 13.0 Å². The monoisotopic (exact) mass is 191 g/mol. The first-order chi connectivity index (χ1) is 6.63. The standard InChI is InChI=1S/C10H9NO3/c1-7-8(3-5-9(12)11-7)4-6-10(13)14-2/h3,5H,1-2H3,(H,11,12). The number of methoxy groups -OCH3 is 1. The number of pyridine rings is 1. The summed E-state index contributed by atoms with van der Waals surface area (Å²) in [6.45, 7) is 1.71. The van der Waals surface area contributed by atoms with E-state index in [1.807, 2.05) is 0 Å². The number of carbonyl (C=O) groups is 1. The number of H-pyrrole nitrogens is 1. The number of ether oxygens (including phenoxy) is 1. The van der Waals surface area contributed by atoms with Crippen LogP contribution in [0, 0.1) is 18.8 Å². The Morgan fingerprint density at radius 3 is 2.79 bits per heavy atom. The summed E-state index contributed by atoms with van der Waals surface area (Å²) < 4.78 is 4.35. The molecule has 0 bridgehead atoms. The van der Waals surface area contributed by atoms with Crippen molar-refractivity contribution in [2.24, 2.45) is 0 Å². The van der Waals surface area contributed by atoms with Gasteiger partial charge in [0.25, 0.3) is 0 Å². The number of hydrogen-bond acceptors (Lipinski definition) is 3. The molecule has 0 saturated heterocycles. The van der Waals surface area contributed by atoms with Crippen LogP contribution in [0.3, 0.4) is 0 Å². The van der Waals surface area contributed by atoms with E-state index in [9.17, 15) is 9.59 Å². The maximum atomic E-state index is 10.8. The lowest BCUT2D eigenvalue weighted by atomic mass is 10.2. The molecule has 1 aromatic heterocycles. The van der Waals surface area contributed by atoms with E-state index in [4.69, 9.17) is 0 Å². The highest BCUT2D eigenvalue weighted by Gasteiger charge is 1.95. The van der Waals surface area contributed by atoms with Crippen LogP contribution in [-0.2, 0) is 9.53 Å². The molecule has 0 amide bonds. The Morgan fingerprint density at radius 1 is 1.50 bits per heavy atom.